The molecular formula is C25H35NO3. The van der Waals surface area contributed by atoms with E-state index in [1.54, 1.807) is 0 Å². The average Bonchev–Trinajstić information content (AvgIpc) is 2.73. The van der Waals surface area contributed by atoms with Crippen LogP contribution in [0.1, 0.15) is 66.2 Å². The van der Waals surface area contributed by atoms with Gasteiger partial charge in [0.05, 0.1) is 6.10 Å². The maximum atomic E-state index is 13.4. The van der Waals surface area contributed by atoms with Gasteiger partial charge in [-0.15, -0.1) is 0 Å². The van der Waals surface area contributed by atoms with Crippen LogP contribution < -0.4 is 10.1 Å². The SMILES string of the molecule is CCCO[C@@]1(C(=O)Nc2ccc(O[C@H](C)CC)c3ccccc23)CCC[C@@H](C)C1. The molecule has 3 rings (SSSR count). The highest BCUT2D eigenvalue weighted by molar-refractivity contribution is 6.06. The Hall–Kier alpha value is -2.07. The minimum atomic E-state index is -0.722. The first-order chi connectivity index (χ1) is 14.0. The standard InChI is InChI=1S/C25H35NO3/c1-5-16-28-25(15-9-10-18(3)17-25)24(27)26-22-13-14-23(29-19(4)6-2)21-12-8-7-11-20(21)22/h7-8,11-14,18-19H,5-6,9-10,15-17H2,1-4H3,(H,26,27)/t18-,19-,25+/m1/s1. The summed E-state index contributed by atoms with van der Waals surface area (Å²) in [6, 6.07) is 12.0. The lowest BCUT2D eigenvalue weighted by Gasteiger charge is -2.38. The number of fused-ring (bicyclic) bond motifs is 1. The highest BCUT2D eigenvalue weighted by atomic mass is 16.5. The van der Waals surface area contributed by atoms with Crippen molar-refractivity contribution in [2.75, 3.05) is 11.9 Å². The Kier molecular flexibility index (Phi) is 7.18. The lowest BCUT2D eigenvalue weighted by atomic mass is 9.78. The van der Waals surface area contributed by atoms with Crippen LogP contribution in [0.4, 0.5) is 5.69 Å². The van der Waals surface area contributed by atoms with E-state index in [9.17, 15) is 4.79 Å². The van der Waals surface area contributed by atoms with Gasteiger partial charge in [-0.2, -0.15) is 0 Å². The van der Waals surface area contributed by atoms with Gasteiger partial charge >= 0.3 is 0 Å². The summed E-state index contributed by atoms with van der Waals surface area (Å²) in [6.45, 7) is 9.10. The summed E-state index contributed by atoms with van der Waals surface area (Å²) < 4.78 is 12.3. The molecule has 158 valence electrons. The van der Waals surface area contributed by atoms with Crippen molar-refractivity contribution in [2.24, 2.45) is 5.92 Å². The van der Waals surface area contributed by atoms with Crippen molar-refractivity contribution < 1.29 is 14.3 Å². The predicted octanol–water partition coefficient (Wildman–Crippen LogP) is 6.33. The van der Waals surface area contributed by atoms with Gasteiger partial charge in [-0.25, -0.2) is 0 Å². The topological polar surface area (TPSA) is 47.6 Å². The maximum absolute atomic E-state index is 13.4. The molecule has 0 aromatic heterocycles. The Morgan fingerprint density at radius 2 is 1.97 bits per heavy atom. The molecule has 3 atom stereocenters. The molecule has 0 radical (unpaired) electrons. The largest absolute Gasteiger partial charge is 0.490 e. The number of nitrogens with one attached hydrogen (secondary N) is 1. The summed E-state index contributed by atoms with van der Waals surface area (Å²) in [7, 11) is 0. The number of hydrogen-bond donors (Lipinski definition) is 1. The fourth-order valence-corrected chi connectivity index (χ4v) is 4.22. The van der Waals surface area contributed by atoms with Crippen molar-refractivity contribution >= 4 is 22.4 Å². The van der Waals surface area contributed by atoms with Crippen LogP contribution >= 0.6 is 0 Å². The van der Waals surface area contributed by atoms with Gasteiger partial charge < -0.3 is 14.8 Å². The first-order valence-corrected chi connectivity index (χ1v) is 11.1. The van der Waals surface area contributed by atoms with Gasteiger partial charge in [-0.05, 0) is 57.1 Å². The van der Waals surface area contributed by atoms with E-state index in [0.717, 1.165) is 60.7 Å². The van der Waals surface area contributed by atoms with E-state index in [4.69, 9.17) is 9.47 Å². The third kappa shape index (κ3) is 4.92. The van der Waals surface area contributed by atoms with E-state index >= 15 is 0 Å². The summed E-state index contributed by atoms with van der Waals surface area (Å²) in [4.78, 5) is 13.4. The van der Waals surface area contributed by atoms with Crippen LogP contribution in [0.25, 0.3) is 10.8 Å². The molecular weight excluding hydrogens is 362 g/mol. The lowest BCUT2D eigenvalue weighted by Crippen LogP contribution is -2.48. The van der Waals surface area contributed by atoms with Gasteiger partial charge in [0.15, 0.2) is 0 Å². The third-order valence-electron chi connectivity index (χ3n) is 5.99. The molecule has 0 aliphatic heterocycles. The van der Waals surface area contributed by atoms with Gasteiger partial charge in [-0.1, -0.05) is 51.5 Å². The number of carbonyl (C=O) groups is 1. The first-order valence-electron chi connectivity index (χ1n) is 11.1. The second-order valence-electron chi connectivity index (χ2n) is 8.49. The molecule has 4 heteroatoms. The summed E-state index contributed by atoms with van der Waals surface area (Å²) >= 11 is 0. The highest BCUT2D eigenvalue weighted by Gasteiger charge is 2.42. The van der Waals surface area contributed by atoms with Gasteiger partial charge in [0, 0.05) is 23.1 Å². The zero-order valence-electron chi connectivity index (χ0n) is 18.3. The highest BCUT2D eigenvalue weighted by Crippen LogP contribution is 2.38. The summed E-state index contributed by atoms with van der Waals surface area (Å²) in [5.74, 6) is 1.34. The molecule has 1 aliphatic carbocycles. The second kappa shape index (κ2) is 9.62. The number of benzene rings is 2. The number of amides is 1. The van der Waals surface area contributed by atoms with Crippen molar-refractivity contribution in [3.63, 3.8) is 0 Å². The number of anilines is 1. The Labute approximate surface area is 175 Å². The molecule has 4 nitrogen and oxygen atoms in total. The van der Waals surface area contributed by atoms with Crippen LogP contribution in [0.3, 0.4) is 0 Å². The van der Waals surface area contributed by atoms with E-state index in [1.807, 2.05) is 30.3 Å². The molecule has 0 spiro atoms. The lowest BCUT2D eigenvalue weighted by molar-refractivity contribution is -0.148. The minimum absolute atomic E-state index is 0.0155. The van der Waals surface area contributed by atoms with E-state index in [0.29, 0.717) is 12.5 Å². The van der Waals surface area contributed by atoms with Crippen molar-refractivity contribution in [1.29, 1.82) is 0 Å². The molecule has 0 bridgehead atoms. The molecule has 1 N–H and O–H groups in total. The zero-order valence-corrected chi connectivity index (χ0v) is 18.3. The maximum Gasteiger partial charge on any atom is 0.256 e. The Morgan fingerprint density at radius 1 is 1.21 bits per heavy atom. The van der Waals surface area contributed by atoms with E-state index in [-0.39, 0.29) is 12.0 Å². The molecule has 1 aliphatic rings. The normalized spacial score (nSPS) is 23.0. The fraction of sp³-hybridized carbons (Fsp3) is 0.560. The Morgan fingerprint density at radius 3 is 2.66 bits per heavy atom. The van der Waals surface area contributed by atoms with E-state index < -0.39 is 5.60 Å². The van der Waals surface area contributed by atoms with E-state index in [1.165, 1.54) is 0 Å². The van der Waals surface area contributed by atoms with Crippen molar-refractivity contribution in [3.05, 3.63) is 36.4 Å². The van der Waals surface area contributed by atoms with Crippen LogP contribution in [-0.2, 0) is 9.53 Å². The third-order valence-corrected chi connectivity index (χ3v) is 5.99. The van der Waals surface area contributed by atoms with Crippen LogP contribution in [0.5, 0.6) is 5.75 Å². The van der Waals surface area contributed by atoms with Crippen LogP contribution in [0, 0.1) is 5.92 Å². The Balaban J connectivity index is 1.90. The molecule has 29 heavy (non-hydrogen) atoms. The monoisotopic (exact) mass is 397 g/mol. The quantitative estimate of drug-likeness (QED) is 0.566. The summed E-state index contributed by atoms with van der Waals surface area (Å²) in [5, 5.41) is 5.22. The van der Waals surface area contributed by atoms with Gasteiger partial charge in [0.25, 0.3) is 5.91 Å². The molecule has 1 fully saturated rings. The zero-order chi connectivity index (χ0) is 20.9. The van der Waals surface area contributed by atoms with Crippen LogP contribution in [0.15, 0.2) is 36.4 Å². The minimum Gasteiger partial charge on any atom is -0.490 e. The van der Waals surface area contributed by atoms with Crippen molar-refractivity contribution in [2.45, 2.75) is 77.9 Å². The van der Waals surface area contributed by atoms with Gasteiger partial charge in [-0.3, -0.25) is 4.79 Å². The number of carbonyl (C=O) groups excluding carboxylic acids is 1. The van der Waals surface area contributed by atoms with Gasteiger partial charge in [0.2, 0.25) is 0 Å². The molecule has 2 aromatic carbocycles. The molecule has 1 saturated carbocycles. The fourth-order valence-electron chi connectivity index (χ4n) is 4.22. The molecule has 0 unspecified atom stereocenters. The molecule has 2 aromatic rings. The van der Waals surface area contributed by atoms with E-state index in [2.05, 4.69) is 39.1 Å². The first kappa shape index (κ1) is 21.6. The van der Waals surface area contributed by atoms with Crippen LogP contribution in [-0.4, -0.2) is 24.2 Å². The molecule has 1 amide bonds. The smallest absolute Gasteiger partial charge is 0.256 e. The Bertz CT molecular complexity index is 834. The average molecular weight is 398 g/mol. The number of hydrogen-bond acceptors (Lipinski definition) is 3. The second-order valence-corrected chi connectivity index (χ2v) is 8.49. The summed E-state index contributed by atoms with van der Waals surface area (Å²) in [6.07, 6.45) is 5.77. The predicted molar refractivity (Wildman–Crippen MR) is 120 cm³/mol. The number of ether oxygens (including phenoxy) is 2. The van der Waals surface area contributed by atoms with Crippen molar-refractivity contribution in [1.82, 2.24) is 0 Å². The summed E-state index contributed by atoms with van der Waals surface area (Å²) in [5.41, 5.74) is 0.0977. The van der Waals surface area contributed by atoms with Crippen molar-refractivity contribution in [3.8, 4) is 5.75 Å². The van der Waals surface area contributed by atoms with Crippen LogP contribution in [0.2, 0.25) is 0 Å². The number of rotatable bonds is 8. The molecule has 0 saturated heterocycles. The molecule has 0 heterocycles. The van der Waals surface area contributed by atoms with Gasteiger partial charge in [0.1, 0.15) is 11.4 Å².